The van der Waals surface area contributed by atoms with E-state index < -0.39 is 0 Å². The van der Waals surface area contributed by atoms with Gasteiger partial charge in [0.2, 0.25) is 5.91 Å². The first-order valence-corrected chi connectivity index (χ1v) is 9.28. The van der Waals surface area contributed by atoms with Gasteiger partial charge in [0.15, 0.2) is 10.9 Å². The number of carbonyl (C=O) groups excluding carboxylic acids is 2. The number of carbonyl (C=O) groups is 2. The summed E-state index contributed by atoms with van der Waals surface area (Å²) in [6.07, 6.45) is 1.72. The monoisotopic (exact) mass is 362 g/mol. The van der Waals surface area contributed by atoms with Gasteiger partial charge in [-0.25, -0.2) is 9.37 Å². The van der Waals surface area contributed by atoms with Crippen LogP contribution >= 0.6 is 23.1 Å². The van der Waals surface area contributed by atoms with E-state index in [1.165, 1.54) is 36.1 Å². The van der Waals surface area contributed by atoms with E-state index in [4.69, 9.17) is 0 Å². The van der Waals surface area contributed by atoms with Crippen molar-refractivity contribution in [1.82, 2.24) is 4.98 Å². The van der Waals surface area contributed by atoms with Crippen LogP contribution in [0.25, 0.3) is 6.08 Å². The Bertz CT molecular complexity index is 845. The molecule has 24 heavy (non-hydrogen) atoms. The Hall–Kier alpha value is -1.99. The van der Waals surface area contributed by atoms with Gasteiger partial charge >= 0.3 is 0 Å². The molecule has 3 rings (SSSR count). The van der Waals surface area contributed by atoms with Crippen LogP contribution in [0, 0.1) is 5.82 Å². The number of fused-ring (bicyclic) bond motifs is 1. The highest BCUT2D eigenvalue weighted by atomic mass is 32.2. The van der Waals surface area contributed by atoms with Crippen molar-refractivity contribution < 1.29 is 14.0 Å². The number of aromatic nitrogens is 1. The quantitative estimate of drug-likeness (QED) is 0.774. The van der Waals surface area contributed by atoms with E-state index in [9.17, 15) is 14.0 Å². The van der Waals surface area contributed by atoms with Crippen molar-refractivity contribution in [2.24, 2.45) is 0 Å². The van der Waals surface area contributed by atoms with Crippen molar-refractivity contribution in [3.05, 3.63) is 46.2 Å². The van der Waals surface area contributed by atoms with Crippen LogP contribution in [0.4, 0.5) is 9.52 Å². The number of Topliss-reactive ketones (excluding diaryl/α,β-unsaturated/α-hetero) is 1. The third-order valence-electron chi connectivity index (χ3n) is 3.63. The second kappa shape index (κ2) is 6.86. The predicted octanol–water partition coefficient (Wildman–Crippen LogP) is 4.03. The number of hydrogen-bond donors (Lipinski definition) is 0. The number of benzene rings is 1. The number of ketones is 1. The third kappa shape index (κ3) is 3.14. The second-order valence-electron chi connectivity index (χ2n) is 5.22. The molecule has 0 aliphatic carbocycles. The molecule has 0 unspecified atom stereocenters. The number of amides is 1. The summed E-state index contributed by atoms with van der Waals surface area (Å²) in [5.41, 5.74) is 1.62. The summed E-state index contributed by atoms with van der Waals surface area (Å²) in [5.74, 6) is -0.193. The van der Waals surface area contributed by atoms with Crippen molar-refractivity contribution >= 4 is 46.0 Å². The van der Waals surface area contributed by atoms with Gasteiger partial charge in [-0.05, 0) is 25.1 Å². The van der Waals surface area contributed by atoms with Crippen molar-refractivity contribution in [2.45, 2.75) is 18.7 Å². The summed E-state index contributed by atoms with van der Waals surface area (Å²) >= 11 is 2.68. The number of thioether (sulfide) groups is 1. The number of halogens is 1. The Balaban J connectivity index is 1.89. The molecule has 1 aliphatic rings. The van der Waals surface area contributed by atoms with Gasteiger partial charge in [0.05, 0.1) is 10.6 Å². The zero-order chi connectivity index (χ0) is 17.3. The fraction of sp³-hybridized carbons (Fsp3) is 0.235. The zero-order valence-corrected chi connectivity index (χ0v) is 14.8. The molecule has 1 aliphatic heterocycles. The molecule has 124 valence electrons. The lowest BCUT2D eigenvalue weighted by Gasteiger charge is -2.17. The molecule has 0 bridgehead atoms. The van der Waals surface area contributed by atoms with Crippen LogP contribution in [0.15, 0.2) is 34.0 Å². The Morgan fingerprint density at radius 3 is 2.96 bits per heavy atom. The lowest BCUT2D eigenvalue weighted by molar-refractivity contribution is -0.116. The van der Waals surface area contributed by atoms with Crippen molar-refractivity contribution in [2.75, 3.05) is 17.2 Å². The van der Waals surface area contributed by atoms with E-state index in [-0.39, 0.29) is 17.5 Å². The van der Waals surface area contributed by atoms with E-state index in [0.717, 1.165) is 0 Å². The van der Waals surface area contributed by atoms with Gasteiger partial charge in [-0.3, -0.25) is 14.5 Å². The Morgan fingerprint density at radius 1 is 1.46 bits per heavy atom. The molecule has 0 saturated carbocycles. The van der Waals surface area contributed by atoms with E-state index in [1.54, 1.807) is 23.1 Å². The van der Waals surface area contributed by atoms with Crippen LogP contribution in [0.3, 0.4) is 0 Å². The van der Waals surface area contributed by atoms with E-state index in [1.807, 2.05) is 12.3 Å². The zero-order valence-electron chi connectivity index (χ0n) is 13.2. The summed E-state index contributed by atoms with van der Waals surface area (Å²) in [6, 6.07) is 4.55. The molecule has 4 nitrogen and oxygen atoms in total. The highest BCUT2D eigenvalue weighted by Gasteiger charge is 2.25. The fourth-order valence-electron chi connectivity index (χ4n) is 2.47. The maximum Gasteiger partial charge on any atom is 0.225 e. The molecule has 1 aromatic carbocycles. The molecule has 0 radical (unpaired) electrons. The average Bonchev–Trinajstić information content (AvgIpc) is 2.99. The molecular weight excluding hydrogens is 347 g/mol. The summed E-state index contributed by atoms with van der Waals surface area (Å²) in [7, 11) is 0. The van der Waals surface area contributed by atoms with E-state index >= 15 is 0 Å². The third-order valence-corrected chi connectivity index (χ3v) is 5.68. The number of thiazole rings is 1. The highest BCUT2D eigenvalue weighted by Crippen LogP contribution is 2.35. The minimum absolute atomic E-state index is 0.0697. The van der Waals surface area contributed by atoms with Crippen LogP contribution in [-0.4, -0.2) is 29.0 Å². The van der Waals surface area contributed by atoms with Crippen LogP contribution in [0.2, 0.25) is 0 Å². The Kier molecular flexibility index (Phi) is 4.82. The van der Waals surface area contributed by atoms with E-state index in [2.05, 4.69) is 4.98 Å². The molecule has 0 saturated heterocycles. The van der Waals surface area contributed by atoms with Gasteiger partial charge in [0, 0.05) is 35.7 Å². The summed E-state index contributed by atoms with van der Waals surface area (Å²) < 4.78 is 13.8. The smallest absolute Gasteiger partial charge is 0.225 e. The van der Waals surface area contributed by atoms with Gasteiger partial charge < -0.3 is 0 Å². The first-order valence-electron chi connectivity index (χ1n) is 7.41. The molecular formula is C17H15FN2O2S2. The number of anilines is 1. The van der Waals surface area contributed by atoms with Gasteiger partial charge in [0.25, 0.3) is 0 Å². The topological polar surface area (TPSA) is 50.3 Å². The van der Waals surface area contributed by atoms with Gasteiger partial charge in [-0.1, -0.05) is 6.07 Å². The van der Waals surface area contributed by atoms with Crippen LogP contribution in [-0.2, 0) is 4.79 Å². The van der Waals surface area contributed by atoms with Crippen molar-refractivity contribution in [3.63, 3.8) is 0 Å². The summed E-state index contributed by atoms with van der Waals surface area (Å²) in [6.45, 7) is 3.92. The first kappa shape index (κ1) is 16.9. The molecule has 0 spiro atoms. The molecule has 1 amide bonds. The van der Waals surface area contributed by atoms with Crippen LogP contribution in [0.5, 0.6) is 0 Å². The predicted molar refractivity (Wildman–Crippen MR) is 95.2 cm³/mol. The normalized spacial score (nSPS) is 15.5. The van der Waals surface area contributed by atoms with Gasteiger partial charge in [-0.15, -0.1) is 23.1 Å². The molecule has 0 N–H and O–H groups in total. The fourth-order valence-corrected chi connectivity index (χ4v) is 4.39. The lowest BCUT2D eigenvalue weighted by atomic mass is 10.0. The van der Waals surface area contributed by atoms with Gasteiger partial charge in [-0.2, -0.15) is 0 Å². The Labute approximate surface area is 147 Å². The standard InChI is InChI=1S/C17H15FN2O2S2/c1-3-20(10(2)21)17-19-12(9-24-17)7-11-8-23-16-13(15(11)22)5-4-6-14(16)18/h4-7,9H,3,8H2,1-2H3/b11-7+. The minimum atomic E-state index is -0.360. The maximum atomic E-state index is 13.8. The molecule has 7 heteroatoms. The highest BCUT2D eigenvalue weighted by molar-refractivity contribution is 7.99. The minimum Gasteiger partial charge on any atom is -0.289 e. The first-order chi connectivity index (χ1) is 11.5. The second-order valence-corrected chi connectivity index (χ2v) is 7.04. The number of nitrogens with zero attached hydrogens (tertiary/aromatic N) is 2. The maximum absolute atomic E-state index is 13.8. The van der Waals surface area contributed by atoms with Crippen LogP contribution in [0.1, 0.15) is 29.9 Å². The summed E-state index contributed by atoms with van der Waals surface area (Å²) in [4.78, 5) is 30.5. The Morgan fingerprint density at radius 2 is 2.25 bits per heavy atom. The molecule has 2 aromatic rings. The van der Waals surface area contributed by atoms with Gasteiger partial charge in [0.1, 0.15) is 5.82 Å². The molecule has 0 fully saturated rings. The lowest BCUT2D eigenvalue weighted by Crippen LogP contribution is -2.27. The number of rotatable bonds is 3. The molecule has 1 aromatic heterocycles. The molecule has 2 heterocycles. The van der Waals surface area contributed by atoms with Crippen LogP contribution < -0.4 is 4.90 Å². The summed E-state index contributed by atoms with van der Waals surface area (Å²) in [5, 5.41) is 2.42. The van der Waals surface area contributed by atoms with Crippen molar-refractivity contribution in [3.8, 4) is 0 Å². The largest absolute Gasteiger partial charge is 0.289 e. The van der Waals surface area contributed by atoms with E-state index in [0.29, 0.717) is 39.2 Å². The number of hydrogen-bond acceptors (Lipinski definition) is 5. The SMILES string of the molecule is CCN(C(C)=O)c1nc(/C=C2\CSc3c(F)cccc3C2=O)cs1. The average molecular weight is 362 g/mol. The van der Waals surface area contributed by atoms with Crippen molar-refractivity contribution in [1.29, 1.82) is 0 Å². The molecule has 0 atom stereocenters.